The number of imidazole rings is 1. The Labute approximate surface area is 165 Å². The standard InChI is InChI=1S/C20H18FN7O/c21-12-3-5-14(25-8-12)16-17(28-13-4-1-10(7-13)20(28)26-16)11-2-6-15(22)27(9-11)18(23)19(24)29/h2-3,5-6,8-10,13,22-23H,1,4,7H2,(H2,24,29)/p+1. The zero-order chi connectivity index (χ0) is 20.3. The fourth-order valence-electron chi connectivity index (χ4n) is 4.47. The number of hydrogen-bond donors (Lipinski definition) is 3. The Bertz CT molecular complexity index is 1170. The van der Waals surface area contributed by atoms with Crippen molar-refractivity contribution in [3.63, 3.8) is 0 Å². The van der Waals surface area contributed by atoms with E-state index in [2.05, 4.69) is 9.55 Å². The van der Waals surface area contributed by atoms with E-state index in [4.69, 9.17) is 21.9 Å². The van der Waals surface area contributed by atoms with E-state index < -0.39 is 17.6 Å². The molecule has 4 heterocycles. The van der Waals surface area contributed by atoms with Gasteiger partial charge in [-0.15, -0.1) is 0 Å². The molecule has 5 rings (SSSR count). The Morgan fingerprint density at radius 3 is 2.83 bits per heavy atom. The lowest BCUT2D eigenvalue weighted by atomic mass is 10.1. The number of rotatable bonds is 2. The number of pyridine rings is 2. The summed E-state index contributed by atoms with van der Waals surface area (Å²) in [5.41, 5.74) is 14.0. The van der Waals surface area contributed by atoms with Gasteiger partial charge in [-0.2, -0.15) is 9.98 Å². The molecule has 0 radical (unpaired) electrons. The van der Waals surface area contributed by atoms with Gasteiger partial charge in [0.15, 0.2) is 0 Å². The number of hydrogen-bond acceptors (Lipinski definition) is 5. The lowest BCUT2D eigenvalue weighted by Gasteiger charge is -2.17. The van der Waals surface area contributed by atoms with E-state index in [1.165, 1.54) is 16.8 Å². The highest BCUT2D eigenvalue weighted by molar-refractivity contribution is 6.32. The van der Waals surface area contributed by atoms with E-state index in [-0.39, 0.29) is 5.82 Å². The molecule has 0 aromatic carbocycles. The molecule has 0 saturated heterocycles. The molecule has 1 amide bonds. The van der Waals surface area contributed by atoms with Gasteiger partial charge in [-0.3, -0.25) is 9.78 Å². The SMILES string of the molecule is N=C(C(N)=O)[n+]1cc(-c2c(-c3ccc(F)cn3)nc3n2C2CCC3C2)ccc1N. The number of fused-ring (bicyclic) bond motifs is 5. The molecule has 9 heteroatoms. The largest absolute Gasteiger partial charge is 0.360 e. The summed E-state index contributed by atoms with van der Waals surface area (Å²) in [5, 5.41) is 7.96. The Kier molecular flexibility index (Phi) is 3.73. The summed E-state index contributed by atoms with van der Waals surface area (Å²) >= 11 is 0. The van der Waals surface area contributed by atoms with Crippen LogP contribution in [0.25, 0.3) is 22.6 Å². The van der Waals surface area contributed by atoms with E-state index in [0.717, 1.165) is 36.3 Å². The molecule has 0 spiro atoms. The molecule has 2 bridgehead atoms. The van der Waals surface area contributed by atoms with Crippen LogP contribution in [0.4, 0.5) is 10.2 Å². The maximum absolute atomic E-state index is 13.4. The first kappa shape index (κ1) is 17.5. The van der Waals surface area contributed by atoms with Crippen molar-refractivity contribution >= 4 is 17.6 Å². The van der Waals surface area contributed by atoms with Crippen LogP contribution in [0.1, 0.15) is 37.0 Å². The summed E-state index contributed by atoms with van der Waals surface area (Å²) in [6, 6.07) is 6.76. The number of nitrogens with zero attached hydrogens (tertiary/aromatic N) is 4. The molecule has 2 aliphatic rings. The first-order valence-corrected chi connectivity index (χ1v) is 9.38. The Morgan fingerprint density at radius 2 is 2.10 bits per heavy atom. The lowest BCUT2D eigenvalue weighted by Crippen LogP contribution is -2.51. The van der Waals surface area contributed by atoms with Crippen LogP contribution in [0.15, 0.2) is 36.7 Å². The molecule has 8 nitrogen and oxygen atoms in total. The van der Waals surface area contributed by atoms with Crippen LogP contribution < -0.4 is 16.0 Å². The third-order valence-electron chi connectivity index (χ3n) is 5.77. The summed E-state index contributed by atoms with van der Waals surface area (Å²) < 4.78 is 16.9. The van der Waals surface area contributed by atoms with Crippen molar-refractivity contribution in [2.75, 3.05) is 5.73 Å². The van der Waals surface area contributed by atoms with Crippen molar-refractivity contribution in [3.05, 3.63) is 48.3 Å². The molecule has 2 atom stereocenters. The molecule has 3 aromatic rings. The average molecular weight is 392 g/mol. The molecule has 1 aliphatic carbocycles. The molecule has 1 saturated carbocycles. The molecule has 1 aliphatic heterocycles. The highest BCUT2D eigenvalue weighted by atomic mass is 19.1. The number of nitrogens with two attached hydrogens (primary N) is 2. The van der Waals surface area contributed by atoms with Gasteiger partial charge < -0.3 is 16.0 Å². The fraction of sp³-hybridized carbons (Fsp3) is 0.250. The molecule has 29 heavy (non-hydrogen) atoms. The van der Waals surface area contributed by atoms with Gasteiger partial charge >= 0.3 is 11.7 Å². The topological polar surface area (TPSA) is 128 Å². The summed E-state index contributed by atoms with van der Waals surface area (Å²) in [6.07, 6.45) is 6.02. The monoisotopic (exact) mass is 392 g/mol. The lowest BCUT2D eigenvalue weighted by molar-refractivity contribution is -0.537. The van der Waals surface area contributed by atoms with Crippen molar-refractivity contribution in [2.45, 2.75) is 31.2 Å². The molecule has 3 aromatic heterocycles. The number of nitrogen functional groups attached to an aromatic ring is 1. The van der Waals surface area contributed by atoms with Crippen LogP contribution in [0.2, 0.25) is 0 Å². The predicted octanol–water partition coefficient (Wildman–Crippen LogP) is 1.75. The van der Waals surface area contributed by atoms with Crippen LogP contribution in [0.3, 0.4) is 0 Å². The first-order chi connectivity index (χ1) is 13.9. The Morgan fingerprint density at radius 1 is 1.28 bits per heavy atom. The third kappa shape index (κ3) is 2.61. The number of aromatic nitrogens is 4. The van der Waals surface area contributed by atoms with Crippen molar-refractivity contribution in [1.29, 1.82) is 5.41 Å². The van der Waals surface area contributed by atoms with Crippen LogP contribution in [-0.4, -0.2) is 26.3 Å². The van der Waals surface area contributed by atoms with E-state index >= 15 is 0 Å². The van der Waals surface area contributed by atoms with Gasteiger partial charge in [-0.05, 0) is 37.5 Å². The predicted molar refractivity (Wildman–Crippen MR) is 103 cm³/mol. The minimum absolute atomic E-state index is 0.224. The van der Waals surface area contributed by atoms with Crippen LogP contribution in [0.5, 0.6) is 0 Å². The van der Waals surface area contributed by atoms with Gasteiger partial charge in [0.25, 0.3) is 0 Å². The summed E-state index contributed by atoms with van der Waals surface area (Å²) in [7, 11) is 0. The number of nitrogens with one attached hydrogen (secondary N) is 1. The normalized spacial score (nSPS) is 19.3. The number of amides is 1. The van der Waals surface area contributed by atoms with E-state index in [1.807, 2.05) is 6.07 Å². The number of carbonyl (C=O) groups is 1. The second kappa shape index (κ2) is 6.20. The highest BCUT2D eigenvalue weighted by Crippen LogP contribution is 2.52. The fourth-order valence-corrected chi connectivity index (χ4v) is 4.47. The number of anilines is 1. The molecule has 5 N–H and O–H groups in total. The molecule has 2 unspecified atom stereocenters. The van der Waals surface area contributed by atoms with Gasteiger partial charge in [-0.25, -0.2) is 9.37 Å². The van der Waals surface area contributed by atoms with Crippen LogP contribution in [0, 0.1) is 11.2 Å². The second-order valence-electron chi connectivity index (χ2n) is 7.49. The Hall–Kier alpha value is -3.62. The van der Waals surface area contributed by atoms with E-state index in [1.54, 1.807) is 18.3 Å². The number of primary amides is 1. The van der Waals surface area contributed by atoms with Gasteiger partial charge in [-0.1, -0.05) is 0 Å². The summed E-state index contributed by atoms with van der Waals surface area (Å²) in [4.78, 5) is 20.6. The molecular weight excluding hydrogens is 373 g/mol. The molecule has 146 valence electrons. The zero-order valence-corrected chi connectivity index (χ0v) is 15.5. The van der Waals surface area contributed by atoms with Crippen molar-refractivity contribution in [3.8, 4) is 22.6 Å². The minimum atomic E-state index is -0.878. The van der Waals surface area contributed by atoms with E-state index in [9.17, 15) is 9.18 Å². The van der Waals surface area contributed by atoms with Crippen molar-refractivity contribution < 1.29 is 13.8 Å². The Balaban J connectivity index is 1.74. The first-order valence-electron chi connectivity index (χ1n) is 9.38. The van der Waals surface area contributed by atoms with Crippen LogP contribution in [-0.2, 0) is 4.79 Å². The van der Waals surface area contributed by atoms with E-state index in [0.29, 0.717) is 23.3 Å². The van der Waals surface area contributed by atoms with Gasteiger partial charge in [0.2, 0.25) is 5.82 Å². The van der Waals surface area contributed by atoms with Gasteiger partial charge in [0, 0.05) is 23.6 Å². The summed E-state index contributed by atoms with van der Waals surface area (Å²) in [6.45, 7) is 0. The smallest absolute Gasteiger partial charge is 0.325 e. The van der Waals surface area contributed by atoms with Gasteiger partial charge in [0.1, 0.15) is 17.3 Å². The highest BCUT2D eigenvalue weighted by Gasteiger charge is 2.41. The third-order valence-corrected chi connectivity index (χ3v) is 5.77. The second-order valence-corrected chi connectivity index (χ2v) is 7.49. The number of carbonyl (C=O) groups excluding carboxylic acids is 1. The maximum Gasteiger partial charge on any atom is 0.325 e. The van der Waals surface area contributed by atoms with Crippen molar-refractivity contribution in [1.82, 2.24) is 14.5 Å². The average Bonchev–Trinajstić information content (AvgIpc) is 3.40. The van der Waals surface area contributed by atoms with Crippen molar-refractivity contribution in [2.24, 2.45) is 5.73 Å². The quantitative estimate of drug-likeness (QED) is 0.349. The summed E-state index contributed by atoms with van der Waals surface area (Å²) in [5.74, 6) is -0.0853. The maximum atomic E-state index is 13.4. The number of halogens is 1. The zero-order valence-electron chi connectivity index (χ0n) is 15.5. The minimum Gasteiger partial charge on any atom is -0.360 e. The van der Waals surface area contributed by atoms with Crippen LogP contribution >= 0.6 is 0 Å². The van der Waals surface area contributed by atoms with Gasteiger partial charge in [0.05, 0.1) is 23.8 Å². The molecular formula is C20H19FN7O+. The molecule has 1 fully saturated rings.